The van der Waals surface area contributed by atoms with Crippen LogP contribution in [0.1, 0.15) is 56.2 Å². The van der Waals surface area contributed by atoms with Crippen LogP contribution in [0.3, 0.4) is 0 Å². The van der Waals surface area contributed by atoms with Crippen molar-refractivity contribution in [3.63, 3.8) is 0 Å². The Hall–Kier alpha value is -2.68. The Morgan fingerprint density at radius 2 is 1.79 bits per heavy atom. The van der Waals surface area contributed by atoms with E-state index in [0.717, 1.165) is 19.0 Å². The van der Waals surface area contributed by atoms with E-state index in [1.54, 1.807) is 4.57 Å². The van der Waals surface area contributed by atoms with Crippen molar-refractivity contribution in [3.05, 3.63) is 41.0 Å². The predicted octanol–water partition coefficient (Wildman–Crippen LogP) is 4.17. The first-order valence-electron chi connectivity index (χ1n) is 11.1. The fourth-order valence-corrected chi connectivity index (χ4v) is 4.37. The summed E-state index contributed by atoms with van der Waals surface area (Å²) in [4.78, 5) is 32.3. The number of halogens is 3. The minimum atomic E-state index is -1.29. The molecule has 2 heterocycles. The standard InChI is InChI=1S/C24H31F3N4O2/c1-24(2,3)12-14(23(33)28-4)9-20(32)21-19-13-30(5)7-6-8-31(19)22(29-21)15-10-17(26)18(27)11-16(15)25/h10-11,14H,6-9,12-13H2,1-5H3,(H,28,33)/t14-/m0/s1. The van der Waals surface area contributed by atoms with Crippen LogP contribution in [0, 0.1) is 28.8 Å². The van der Waals surface area contributed by atoms with Gasteiger partial charge in [0.1, 0.15) is 17.3 Å². The van der Waals surface area contributed by atoms with Gasteiger partial charge in [0.25, 0.3) is 0 Å². The second-order valence-electron chi connectivity index (χ2n) is 9.92. The van der Waals surface area contributed by atoms with Crippen molar-refractivity contribution in [1.29, 1.82) is 0 Å². The zero-order valence-electron chi connectivity index (χ0n) is 19.8. The number of carbonyl (C=O) groups excluding carboxylic acids is 2. The maximum atomic E-state index is 14.6. The number of nitrogens with one attached hydrogen (secondary N) is 1. The van der Waals surface area contributed by atoms with Crippen molar-refractivity contribution >= 4 is 11.7 Å². The van der Waals surface area contributed by atoms with Gasteiger partial charge in [-0.3, -0.25) is 9.59 Å². The molecule has 0 fully saturated rings. The molecule has 1 atom stereocenters. The van der Waals surface area contributed by atoms with E-state index in [9.17, 15) is 22.8 Å². The van der Waals surface area contributed by atoms with Crippen molar-refractivity contribution in [2.24, 2.45) is 11.3 Å². The summed E-state index contributed by atoms with van der Waals surface area (Å²) in [6.07, 6.45) is 1.17. The molecule has 1 amide bonds. The molecule has 3 rings (SSSR count). The smallest absolute Gasteiger partial charge is 0.223 e. The van der Waals surface area contributed by atoms with E-state index in [1.165, 1.54) is 7.05 Å². The summed E-state index contributed by atoms with van der Waals surface area (Å²) in [7, 11) is 3.44. The molecule has 1 aromatic carbocycles. The SMILES string of the molecule is CNC(=O)[C@@H](CC(=O)c1nc(-c2cc(F)c(F)cc2F)n2c1CN(C)CCC2)CC(C)(C)C. The van der Waals surface area contributed by atoms with E-state index in [0.29, 0.717) is 31.3 Å². The molecule has 0 saturated carbocycles. The van der Waals surface area contributed by atoms with Crippen LogP contribution in [0.5, 0.6) is 0 Å². The number of ketones is 1. The number of rotatable bonds is 6. The molecule has 1 aliphatic rings. The zero-order chi connectivity index (χ0) is 24.5. The predicted molar refractivity (Wildman–Crippen MR) is 119 cm³/mol. The highest BCUT2D eigenvalue weighted by Gasteiger charge is 2.32. The first kappa shape index (κ1) is 25.0. The third-order valence-corrected chi connectivity index (χ3v) is 5.84. The molecule has 180 valence electrons. The molecule has 33 heavy (non-hydrogen) atoms. The highest BCUT2D eigenvalue weighted by molar-refractivity contribution is 5.98. The van der Waals surface area contributed by atoms with Crippen LogP contribution in [-0.4, -0.2) is 46.8 Å². The fraction of sp³-hybridized carbons (Fsp3) is 0.542. The molecule has 0 bridgehead atoms. The second kappa shape index (κ2) is 9.67. The fourth-order valence-electron chi connectivity index (χ4n) is 4.37. The minimum Gasteiger partial charge on any atom is -0.359 e. The van der Waals surface area contributed by atoms with Crippen molar-refractivity contribution < 1.29 is 22.8 Å². The molecule has 2 aromatic rings. The number of hydrogen-bond acceptors (Lipinski definition) is 4. The summed E-state index contributed by atoms with van der Waals surface area (Å²) in [5, 5.41) is 2.62. The highest BCUT2D eigenvalue weighted by Crippen LogP contribution is 2.32. The Balaban J connectivity index is 2.07. The number of imidazole rings is 1. The van der Waals surface area contributed by atoms with E-state index >= 15 is 0 Å². The second-order valence-corrected chi connectivity index (χ2v) is 9.92. The molecule has 0 saturated heterocycles. The van der Waals surface area contributed by atoms with Crippen molar-refractivity contribution in [2.45, 2.75) is 53.1 Å². The van der Waals surface area contributed by atoms with E-state index in [2.05, 4.69) is 10.3 Å². The van der Waals surface area contributed by atoms with Crippen LogP contribution in [0.4, 0.5) is 13.2 Å². The van der Waals surface area contributed by atoms with E-state index in [-0.39, 0.29) is 40.6 Å². The van der Waals surface area contributed by atoms with Crippen molar-refractivity contribution in [2.75, 3.05) is 20.6 Å². The molecule has 9 heteroatoms. The van der Waals surface area contributed by atoms with Crippen LogP contribution < -0.4 is 5.32 Å². The van der Waals surface area contributed by atoms with Gasteiger partial charge in [0.05, 0.1) is 11.3 Å². The molecule has 0 aliphatic carbocycles. The molecule has 0 radical (unpaired) electrons. The summed E-state index contributed by atoms with van der Waals surface area (Å²) >= 11 is 0. The van der Waals surface area contributed by atoms with Crippen LogP contribution in [-0.2, 0) is 17.9 Å². The van der Waals surface area contributed by atoms with Gasteiger partial charge in [-0.15, -0.1) is 0 Å². The lowest BCUT2D eigenvalue weighted by Crippen LogP contribution is -2.32. The Kier molecular flexibility index (Phi) is 7.31. The maximum Gasteiger partial charge on any atom is 0.223 e. The molecule has 1 aliphatic heterocycles. The third kappa shape index (κ3) is 5.63. The first-order chi connectivity index (χ1) is 15.4. The largest absolute Gasteiger partial charge is 0.359 e. The van der Waals surface area contributed by atoms with Gasteiger partial charge in [-0.25, -0.2) is 18.2 Å². The van der Waals surface area contributed by atoms with Crippen molar-refractivity contribution in [1.82, 2.24) is 19.8 Å². The Bertz CT molecular complexity index is 1060. The lowest BCUT2D eigenvalue weighted by molar-refractivity contribution is -0.125. The number of aromatic nitrogens is 2. The topological polar surface area (TPSA) is 67.2 Å². The van der Waals surface area contributed by atoms with Gasteiger partial charge in [-0.2, -0.15) is 0 Å². The van der Waals surface area contributed by atoms with Gasteiger partial charge >= 0.3 is 0 Å². The third-order valence-electron chi connectivity index (χ3n) is 5.84. The van der Waals surface area contributed by atoms with Crippen LogP contribution in [0.2, 0.25) is 0 Å². The normalized spacial score (nSPS) is 15.6. The molecular formula is C24H31F3N4O2. The Morgan fingerprint density at radius 3 is 2.42 bits per heavy atom. The molecule has 1 aromatic heterocycles. The number of nitrogens with zero attached hydrogens (tertiary/aromatic N) is 3. The Morgan fingerprint density at radius 1 is 1.12 bits per heavy atom. The molecule has 0 spiro atoms. The Labute approximate surface area is 192 Å². The van der Waals surface area contributed by atoms with Gasteiger partial charge in [0.15, 0.2) is 17.4 Å². The number of fused-ring (bicyclic) bond motifs is 1. The minimum absolute atomic E-state index is 0.0512. The average molecular weight is 465 g/mol. The molecule has 1 N–H and O–H groups in total. The zero-order valence-corrected chi connectivity index (χ0v) is 19.8. The van der Waals surface area contributed by atoms with E-state index < -0.39 is 23.4 Å². The lowest BCUT2D eigenvalue weighted by Gasteiger charge is -2.24. The molecular weight excluding hydrogens is 433 g/mol. The maximum absolute atomic E-state index is 14.6. The summed E-state index contributed by atoms with van der Waals surface area (Å²) in [6, 6.07) is 1.26. The number of Topliss-reactive ketones (excluding diaryl/α,β-unsaturated/α-hetero) is 1. The van der Waals surface area contributed by atoms with Gasteiger partial charge < -0.3 is 14.8 Å². The number of amides is 1. The summed E-state index contributed by atoms with van der Waals surface area (Å²) in [5.74, 6) is -4.44. The quantitative estimate of drug-likeness (QED) is 0.515. The average Bonchev–Trinajstić information content (AvgIpc) is 2.94. The van der Waals surface area contributed by atoms with Crippen LogP contribution in [0.15, 0.2) is 12.1 Å². The number of hydrogen-bond donors (Lipinski definition) is 1. The van der Waals surface area contributed by atoms with Gasteiger partial charge in [-0.05, 0) is 37.9 Å². The molecule has 6 nitrogen and oxygen atoms in total. The number of carbonyl (C=O) groups is 2. The summed E-state index contributed by atoms with van der Waals surface area (Å²) < 4.78 is 43.8. The summed E-state index contributed by atoms with van der Waals surface area (Å²) in [6.45, 7) is 7.58. The van der Waals surface area contributed by atoms with Crippen LogP contribution >= 0.6 is 0 Å². The van der Waals surface area contributed by atoms with Crippen molar-refractivity contribution in [3.8, 4) is 11.4 Å². The van der Waals surface area contributed by atoms with E-state index in [4.69, 9.17) is 0 Å². The highest BCUT2D eigenvalue weighted by atomic mass is 19.2. The van der Waals surface area contributed by atoms with Gasteiger partial charge in [0.2, 0.25) is 5.91 Å². The summed E-state index contributed by atoms with van der Waals surface area (Å²) in [5.41, 5.74) is 0.357. The van der Waals surface area contributed by atoms with Gasteiger partial charge in [-0.1, -0.05) is 20.8 Å². The number of benzene rings is 1. The lowest BCUT2D eigenvalue weighted by atomic mass is 9.81. The molecule has 0 unspecified atom stereocenters. The van der Waals surface area contributed by atoms with E-state index in [1.807, 2.05) is 32.7 Å². The monoisotopic (exact) mass is 464 g/mol. The van der Waals surface area contributed by atoms with Crippen LogP contribution in [0.25, 0.3) is 11.4 Å². The first-order valence-corrected chi connectivity index (χ1v) is 11.1. The van der Waals surface area contributed by atoms with Gasteiger partial charge in [0, 0.05) is 38.5 Å².